The summed E-state index contributed by atoms with van der Waals surface area (Å²) in [5, 5.41) is 25.8. The fourth-order valence-corrected chi connectivity index (χ4v) is 4.40. The van der Waals surface area contributed by atoms with E-state index in [4.69, 9.17) is 0 Å². The van der Waals surface area contributed by atoms with E-state index in [0.29, 0.717) is 5.69 Å². The van der Waals surface area contributed by atoms with Gasteiger partial charge >= 0.3 is 0 Å². The molecule has 4 aromatic heterocycles. The van der Waals surface area contributed by atoms with E-state index in [1.807, 2.05) is 30.9 Å². The van der Waals surface area contributed by atoms with Gasteiger partial charge in [0.2, 0.25) is 0 Å². The Balaban J connectivity index is 0.000000166. The highest BCUT2D eigenvalue weighted by Gasteiger charge is 2.18. The van der Waals surface area contributed by atoms with E-state index in [1.165, 1.54) is 23.1 Å². The van der Waals surface area contributed by atoms with Gasteiger partial charge in [-0.05, 0) is 68.8 Å². The first kappa shape index (κ1) is 22.2. The van der Waals surface area contributed by atoms with Crippen molar-refractivity contribution < 1.29 is 5.11 Å². The fraction of sp³-hybridized carbons (Fsp3) is 0.375. The van der Waals surface area contributed by atoms with Gasteiger partial charge in [0, 0.05) is 49.2 Å². The second-order valence-corrected chi connectivity index (χ2v) is 10.1. The highest BCUT2D eigenvalue weighted by Crippen LogP contribution is 2.29. The van der Waals surface area contributed by atoms with Crippen molar-refractivity contribution in [2.24, 2.45) is 0 Å². The SMILES string of the molecule is CCn1cc(C(O)c2cnsc2Br)nn1.CCn1cc(Cc2cnsc2Br)nn1. The van der Waals surface area contributed by atoms with Crippen LogP contribution < -0.4 is 0 Å². The van der Waals surface area contributed by atoms with Crippen molar-refractivity contribution in [3.8, 4) is 0 Å². The number of halogens is 2. The molecule has 0 saturated heterocycles. The lowest BCUT2D eigenvalue weighted by Crippen LogP contribution is -1.99. The maximum absolute atomic E-state index is 9.99. The van der Waals surface area contributed by atoms with Crippen LogP contribution in [0.1, 0.15) is 42.5 Å². The molecule has 0 aliphatic rings. The normalized spacial score (nSPS) is 11.9. The van der Waals surface area contributed by atoms with Crippen LogP contribution in [0.5, 0.6) is 0 Å². The molecule has 4 aromatic rings. The minimum atomic E-state index is -0.765. The Hall–Kier alpha value is -1.54. The highest BCUT2D eigenvalue weighted by molar-refractivity contribution is 9.11. The largest absolute Gasteiger partial charge is 0.382 e. The van der Waals surface area contributed by atoms with Gasteiger partial charge in [-0.2, -0.15) is 8.75 Å². The predicted octanol–water partition coefficient (Wildman–Crippen LogP) is 3.71. The first-order valence-corrected chi connectivity index (χ1v) is 11.8. The summed E-state index contributed by atoms with van der Waals surface area (Å²) in [6, 6.07) is 0. The van der Waals surface area contributed by atoms with Crippen molar-refractivity contribution in [2.45, 2.75) is 39.5 Å². The third kappa shape index (κ3) is 5.75. The standard InChI is InChI=1S/C8H9BrN4OS.C8H9BrN4S/c1-2-13-4-6(11-12-13)7(14)5-3-10-15-8(5)9;1-2-13-5-7(11-12-13)3-6-4-10-14-8(6)9/h3-4,7,14H,2H2,1H3;4-5H,2-3H2,1H3. The number of aliphatic hydroxyl groups is 1. The summed E-state index contributed by atoms with van der Waals surface area (Å²) in [4.78, 5) is 0. The molecule has 154 valence electrons. The number of hydrogen-bond acceptors (Lipinski definition) is 9. The molecule has 0 amide bonds. The zero-order chi connectivity index (χ0) is 20.8. The van der Waals surface area contributed by atoms with Crippen LogP contribution in [-0.4, -0.2) is 43.8 Å². The lowest BCUT2D eigenvalue weighted by Gasteiger charge is -2.03. The average Bonchev–Trinajstić information content (AvgIpc) is 3.51. The number of nitrogens with zero attached hydrogens (tertiary/aromatic N) is 8. The van der Waals surface area contributed by atoms with Gasteiger partial charge in [0.1, 0.15) is 11.8 Å². The van der Waals surface area contributed by atoms with E-state index >= 15 is 0 Å². The number of hydrogen-bond donors (Lipinski definition) is 1. The van der Waals surface area contributed by atoms with E-state index in [9.17, 15) is 5.11 Å². The Labute approximate surface area is 192 Å². The Kier molecular flexibility index (Phi) is 8.00. The van der Waals surface area contributed by atoms with Crippen molar-refractivity contribution in [3.63, 3.8) is 0 Å². The Bertz CT molecular complexity index is 1040. The highest BCUT2D eigenvalue weighted by atomic mass is 79.9. The number of aromatic nitrogens is 8. The van der Waals surface area contributed by atoms with Gasteiger partial charge in [-0.3, -0.25) is 9.36 Å². The van der Waals surface area contributed by atoms with Crippen molar-refractivity contribution >= 4 is 54.9 Å². The second kappa shape index (κ2) is 10.5. The second-order valence-electron chi connectivity index (χ2n) is 5.82. The van der Waals surface area contributed by atoms with Crippen molar-refractivity contribution in [1.29, 1.82) is 0 Å². The van der Waals surface area contributed by atoms with Crippen LogP contribution in [0.4, 0.5) is 0 Å². The van der Waals surface area contributed by atoms with Crippen LogP contribution in [0.3, 0.4) is 0 Å². The van der Waals surface area contributed by atoms with Gasteiger partial charge in [0.15, 0.2) is 0 Å². The van der Waals surface area contributed by atoms with Crippen LogP contribution in [0.15, 0.2) is 32.4 Å². The van der Waals surface area contributed by atoms with Crippen molar-refractivity contribution in [1.82, 2.24) is 38.7 Å². The average molecular weight is 562 g/mol. The molecule has 1 N–H and O–H groups in total. The van der Waals surface area contributed by atoms with Crippen LogP contribution in [0.25, 0.3) is 0 Å². The molecule has 1 unspecified atom stereocenters. The van der Waals surface area contributed by atoms with Gasteiger partial charge in [-0.1, -0.05) is 10.4 Å². The molecule has 0 fully saturated rings. The van der Waals surface area contributed by atoms with Crippen molar-refractivity contribution in [2.75, 3.05) is 0 Å². The summed E-state index contributed by atoms with van der Waals surface area (Å²) < 4.78 is 13.4. The molecule has 4 heterocycles. The monoisotopic (exact) mass is 560 g/mol. The third-order valence-corrected chi connectivity index (χ3v) is 6.96. The molecule has 0 aromatic carbocycles. The maximum atomic E-state index is 9.99. The summed E-state index contributed by atoms with van der Waals surface area (Å²) in [5.74, 6) is 0. The van der Waals surface area contributed by atoms with E-state index in [0.717, 1.165) is 43.9 Å². The number of rotatable bonds is 6. The molecule has 29 heavy (non-hydrogen) atoms. The van der Waals surface area contributed by atoms with Gasteiger partial charge in [0.05, 0.1) is 19.5 Å². The van der Waals surface area contributed by atoms with Gasteiger partial charge in [0.25, 0.3) is 0 Å². The number of aliphatic hydroxyl groups excluding tert-OH is 1. The maximum Gasteiger partial charge on any atom is 0.128 e. The summed E-state index contributed by atoms with van der Waals surface area (Å²) in [6.45, 7) is 5.60. The summed E-state index contributed by atoms with van der Waals surface area (Å²) in [6.07, 6.45) is 7.21. The Morgan fingerprint density at radius 1 is 0.966 bits per heavy atom. The summed E-state index contributed by atoms with van der Waals surface area (Å²) in [7, 11) is 0. The van der Waals surface area contributed by atoms with Gasteiger partial charge in [-0.15, -0.1) is 10.2 Å². The molecule has 0 bridgehead atoms. The molecule has 4 rings (SSSR count). The van der Waals surface area contributed by atoms with E-state index in [-0.39, 0.29) is 0 Å². The zero-order valence-corrected chi connectivity index (χ0v) is 20.4. The van der Waals surface area contributed by atoms with E-state index in [2.05, 4.69) is 61.2 Å². The molecule has 9 nitrogen and oxygen atoms in total. The van der Waals surface area contributed by atoms with E-state index < -0.39 is 6.10 Å². The number of aryl methyl sites for hydroxylation is 2. The minimum Gasteiger partial charge on any atom is -0.382 e. The minimum absolute atomic E-state index is 0.540. The quantitative estimate of drug-likeness (QED) is 0.382. The Morgan fingerprint density at radius 3 is 2.17 bits per heavy atom. The molecular formula is C16H18Br2N8OS2. The van der Waals surface area contributed by atoms with Gasteiger partial charge < -0.3 is 5.11 Å². The third-order valence-electron chi connectivity index (χ3n) is 3.88. The van der Waals surface area contributed by atoms with Crippen LogP contribution in [0.2, 0.25) is 0 Å². The van der Waals surface area contributed by atoms with Gasteiger partial charge in [-0.25, -0.2) is 0 Å². The molecular weight excluding hydrogens is 544 g/mol. The zero-order valence-electron chi connectivity index (χ0n) is 15.6. The topological polar surface area (TPSA) is 107 Å². The van der Waals surface area contributed by atoms with Crippen LogP contribution in [-0.2, 0) is 19.5 Å². The van der Waals surface area contributed by atoms with Crippen LogP contribution in [0, 0.1) is 0 Å². The van der Waals surface area contributed by atoms with E-state index in [1.54, 1.807) is 17.1 Å². The lowest BCUT2D eigenvalue weighted by atomic mass is 10.2. The molecule has 13 heteroatoms. The van der Waals surface area contributed by atoms with Crippen LogP contribution >= 0.6 is 54.9 Å². The summed E-state index contributed by atoms with van der Waals surface area (Å²) in [5.41, 5.74) is 3.41. The Morgan fingerprint density at radius 2 is 1.62 bits per heavy atom. The fourth-order valence-electron chi connectivity index (χ4n) is 2.29. The lowest BCUT2D eigenvalue weighted by molar-refractivity contribution is 0.214. The molecule has 0 aliphatic carbocycles. The first-order chi connectivity index (χ1) is 14.0. The molecule has 0 radical (unpaired) electrons. The molecule has 0 saturated carbocycles. The summed E-state index contributed by atoms with van der Waals surface area (Å²) >= 11 is 9.52. The predicted molar refractivity (Wildman–Crippen MR) is 118 cm³/mol. The first-order valence-electron chi connectivity index (χ1n) is 8.68. The smallest absolute Gasteiger partial charge is 0.128 e. The molecule has 1 atom stereocenters. The van der Waals surface area contributed by atoms with Crippen molar-refractivity contribution in [3.05, 3.63) is 54.9 Å². The molecule has 0 spiro atoms. The molecule has 0 aliphatic heterocycles.